The van der Waals surface area contributed by atoms with E-state index in [1.54, 1.807) is 0 Å². The molecule has 1 N–H and O–H groups in total. The SMILES string of the molecule is Cc1cc(C)cc(C2=NC(SCCCCl)C(=O)N(CC(F)(F)F)N2)c1. The van der Waals surface area contributed by atoms with Gasteiger partial charge in [0.15, 0.2) is 5.37 Å². The van der Waals surface area contributed by atoms with Gasteiger partial charge in [0.2, 0.25) is 0 Å². The third kappa shape index (κ3) is 5.81. The van der Waals surface area contributed by atoms with Gasteiger partial charge < -0.3 is 0 Å². The summed E-state index contributed by atoms with van der Waals surface area (Å²) in [6.07, 6.45) is -3.85. The van der Waals surface area contributed by atoms with Crippen molar-refractivity contribution in [3.8, 4) is 0 Å². The van der Waals surface area contributed by atoms with E-state index in [4.69, 9.17) is 11.6 Å². The van der Waals surface area contributed by atoms with Gasteiger partial charge >= 0.3 is 6.18 Å². The van der Waals surface area contributed by atoms with Gasteiger partial charge in [0.1, 0.15) is 12.4 Å². The van der Waals surface area contributed by atoms with E-state index in [-0.39, 0.29) is 5.84 Å². The van der Waals surface area contributed by atoms with Crippen LogP contribution in [0.5, 0.6) is 0 Å². The van der Waals surface area contributed by atoms with Crippen molar-refractivity contribution in [1.82, 2.24) is 10.4 Å². The number of amidine groups is 1. The Morgan fingerprint density at radius 2 is 1.92 bits per heavy atom. The molecule has 0 saturated heterocycles. The maximum absolute atomic E-state index is 12.8. The van der Waals surface area contributed by atoms with Crippen molar-refractivity contribution < 1.29 is 18.0 Å². The van der Waals surface area contributed by atoms with Gasteiger partial charge in [-0.05, 0) is 38.2 Å². The normalized spacial score (nSPS) is 18.2. The van der Waals surface area contributed by atoms with Gasteiger partial charge in [-0.15, -0.1) is 23.4 Å². The van der Waals surface area contributed by atoms with Gasteiger partial charge in [-0.1, -0.05) is 17.2 Å². The Bertz CT molecular complexity index is 646. The number of amides is 1. The first-order chi connectivity index (χ1) is 11.7. The molecule has 9 heteroatoms. The smallest absolute Gasteiger partial charge is 0.279 e. The third-order valence-electron chi connectivity index (χ3n) is 3.35. The van der Waals surface area contributed by atoms with E-state index in [9.17, 15) is 18.0 Å². The summed E-state index contributed by atoms with van der Waals surface area (Å²) in [5.41, 5.74) is 5.10. The van der Waals surface area contributed by atoms with E-state index >= 15 is 0 Å². The van der Waals surface area contributed by atoms with Crippen molar-refractivity contribution in [1.29, 1.82) is 0 Å². The third-order valence-corrected chi connectivity index (χ3v) is 4.77. The lowest BCUT2D eigenvalue weighted by Crippen LogP contribution is -2.56. The number of hydrogen-bond donors (Lipinski definition) is 1. The molecule has 1 unspecified atom stereocenters. The fourth-order valence-corrected chi connectivity index (χ4v) is 3.70. The number of hydrazine groups is 1. The number of carbonyl (C=O) groups excluding carboxylic acids is 1. The number of rotatable bonds is 6. The molecule has 0 fully saturated rings. The van der Waals surface area contributed by atoms with Crippen LogP contribution in [0, 0.1) is 13.8 Å². The van der Waals surface area contributed by atoms with E-state index in [0.29, 0.717) is 28.6 Å². The predicted octanol–water partition coefficient (Wildman–Crippen LogP) is 3.65. The van der Waals surface area contributed by atoms with E-state index in [1.165, 1.54) is 11.8 Å². The minimum atomic E-state index is -4.50. The molecule has 0 bridgehead atoms. The Balaban J connectivity index is 2.31. The zero-order valence-corrected chi connectivity index (χ0v) is 15.4. The molecule has 0 radical (unpaired) electrons. The van der Waals surface area contributed by atoms with Crippen molar-refractivity contribution in [3.05, 3.63) is 34.9 Å². The molecule has 0 spiro atoms. The number of nitrogens with zero attached hydrogens (tertiary/aromatic N) is 2. The number of halogens is 4. The lowest BCUT2D eigenvalue weighted by atomic mass is 10.1. The van der Waals surface area contributed by atoms with Crippen molar-refractivity contribution in [2.75, 3.05) is 18.2 Å². The Labute approximate surface area is 153 Å². The number of aliphatic imine (C=N–C) groups is 1. The van der Waals surface area contributed by atoms with Crippen LogP contribution in [0.4, 0.5) is 13.2 Å². The topological polar surface area (TPSA) is 44.7 Å². The first-order valence-electron chi connectivity index (χ1n) is 7.68. The lowest BCUT2D eigenvalue weighted by Gasteiger charge is -2.32. The van der Waals surface area contributed by atoms with Crippen LogP contribution in [-0.2, 0) is 4.79 Å². The van der Waals surface area contributed by atoms with Gasteiger partial charge in [0.05, 0.1) is 0 Å². The summed E-state index contributed by atoms with van der Waals surface area (Å²) in [4.78, 5) is 16.6. The van der Waals surface area contributed by atoms with Gasteiger partial charge in [0.25, 0.3) is 5.91 Å². The van der Waals surface area contributed by atoms with Crippen LogP contribution in [0.2, 0.25) is 0 Å². The average Bonchev–Trinajstić information content (AvgIpc) is 2.48. The molecule has 2 rings (SSSR count). The van der Waals surface area contributed by atoms with Crippen LogP contribution in [0.15, 0.2) is 23.2 Å². The number of benzene rings is 1. The zero-order valence-electron chi connectivity index (χ0n) is 13.9. The maximum atomic E-state index is 12.8. The highest BCUT2D eigenvalue weighted by Gasteiger charge is 2.38. The second-order valence-corrected chi connectivity index (χ2v) is 7.34. The van der Waals surface area contributed by atoms with Gasteiger partial charge in [-0.25, -0.2) is 10.0 Å². The van der Waals surface area contributed by atoms with Gasteiger partial charge in [0, 0.05) is 11.4 Å². The molecule has 4 nitrogen and oxygen atoms in total. The molecule has 1 aromatic rings. The number of carbonyl (C=O) groups is 1. The van der Waals surface area contributed by atoms with E-state index in [2.05, 4.69) is 10.4 Å². The molecule has 1 aliphatic rings. The molecule has 1 aliphatic heterocycles. The molecule has 25 heavy (non-hydrogen) atoms. The van der Waals surface area contributed by atoms with Gasteiger partial charge in [-0.3, -0.25) is 10.2 Å². The predicted molar refractivity (Wildman–Crippen MR) is 94.9 cm³/mol. The van der Waals surface area contributed by atoms with Crippen molar-refractivity contribution in [2.45, 2.75) is 31.8 Å². The largest absolute Gasteiger partial charge is 0.408 e. The number of nitrogens with one attached hydrogen (secondary N) is 1. The monoisotopic (exact) mass is 393 g/mol. The number of aryl methyl sites for hydroxylation is 2. The van der Waals surface area contributed by atoms with Crippen LogP contribution in [0.1, 0.15) is 23.1 Å². The zero-order chi connectivity index (χ0) is 18.6. The Morgan fingerprint density at radius 1 is 1.28 bits per heavy atom. The number of alkyl halides is 4. The summed E-state index contributed by atoms with van der Waals surface area (Å²) in [6.45, 7) is 2.42. The van der Waals surface area contributed by atoms with Gasteiger partial charge in [-0.2, -0.15) is 13.2 Å². The fourth-order valence-electron chi connectivity index (χ4n) is 2.42. The Hall–Kier alpha value is -1.41. The minimum absolute atomic E-state index is 0.263. The molecular weight excluding hydrogens is 375 g/mol. The van der Waals surface area contributed by atoms with Crippen LogP contribution in [0.25, 0.3) is 0 Å². The molecule has 0 saturated carbocycles. The molecule has 0 aliphatic carbocycles. The van der Waals surface area contributed by atoms with E-state index < -0.39 is 24.0 Å². The molecule has 1 heterocycles. The van der Waals surface area contributed by atoms with Crippen molar-refractivity contribution >= 4 is 35.1 Å². The second kappa shape index (κ2) is 8.31. The molecule has 138 valence electrons. The first-order valence-corrected chi connectivity index (χ1v) is 9.27. The molecule has 0 aromatic heterocycles. The highest BCUT2D eigenvalue weighted by Crippen LogP contribution is 2.24. The minimum Gasteiger partial charge on any atom is -0.279 e. The summed E-state index contributed by atoms with van der Waals surface area (Å²) < 4.78 is 38.4. The Morgan fingerprint density at radius 3 is 2.48 bits per heavy atom. The highest BCUT2D eigenvalue weighted by atomic mass is 35.5. The standard InChI is InChI=1S/C16H19ClF3N3OS/c1-10-6-11(2)8-12(7-10)13-21-14(25-5-3-4-17)15(24)23(22-13)9-16(18,19)20/h6-8,14H,3-5,9H2,1-2H3,(H,21,22). The van der Waals surface area contributed by atoms with Crippen LogP contribution >= 0.6 is 23.4 Å². The summed E-state index contributed by atoms with van der Waals surface area (Å²) >= 11 is 6.82. The fraction of sp³-hybridized carbons (Fsp3) is 0.500. The molecule has 1 amide bonds. The van der Waals surface area contributed by atoms with Crippen LogP contribution in [-0.4, -0.2) is 46.5 Å². The second-order valence-electron chi connectivity index (χ2n) is 5.77. The van der Waals surface area contributed by atoms with E-state index in [1.807, 2.05) is 32.0 Å². The summed E-state index contributed by atoms with van der Waals surface area (Å²) in [6, 6.07) is 5.60. The molecule has 1 atom stereocenters. The summed E-state index contributed by atoms with van der Waals surface area (Å²) in [5.74, 6) is 0.527. The van der Waals surface area contributed by atoms with E-state index in [0.717, 1.165) is 11.1 Å². The lowest BCUT2D eigenvalue weighted by molar-refractivity contribution is -0.165. The average molecular weight is 394 g/mol. The summed E-state index contributed by atoms with van der Waals surface area (Å²) in [7, 11) is 0. The van der Waals surface area contributed by atoms with Crippen LogP contribution < -0.4 is 5.43 Å². The number of hydrogen-bond acceptors (Lipinski definition) is 4. The Kier molecular flexibility index (Phi) is 6.62. The van der Waals surface area contributed by atoms with Crippen molar-refractivity contribution in [3.63, 3.8) is 0 Å². The molecular formula is C16H19ClF3N3OS. The van der Waals surface area contributed by atoms with Crippen LogP contribution in [0.3, 0.4) is 0 Å². The number of thioether (sulfide) groups is 1. The van der Waals surface area contributed by atoms with Crippen molar-refractivity contribution in [2.24, 2.45) is 4.99 Å². The summed E-state index contributed by atoms with van der Waals surface area (Å²) in [5, 5.41) is -0.319. The first kappa shape index (κ1) is 19.9. The molecule has 1 aromatic carbocycles. The quantitative estimate of drug-likeness (QED) is 0.592. The highest BCUT2D eigenvalue weighted by molar-refractivity contribution is 8.00. The maximum Gasteiger partial charge on any atom is 0.408 e.